The molecule has 98 valence electrons. The normalized spacial score (nSPS) is 19.9. The third kappa shape index (κ3) is 2.53. The zero-order valence-electron chi connectivity index (χ0n) is 10.7. The third-order valence-corrected chi connectivity index (χ3v) is 3.54. The van der Waals surface area contributed by atoms with Gasteiger partial charge in [0.05, 0.1) is 6.04 Å². The fourth-order valence-electron chi connectivity index (χ4n) is 2.58. The summed E-state index contributed by atoms with van der Waals surface area (Å²) in [4.78, 5) is 11.4. The molecule has 1 aliphatic rings. The number of nitrogens with two attached hydrogens (primary N) is 1. The van der Waals surface area contributed by atoms with Gasteiger partial charge in [0.25, 0.3) is 0 Å². The lowest BCUT2D eigenvalue weighted by molar-refractivity contribution is -0.121. The van der Waals surface area contributed by atoms with Gasteiger partial charge in [0, 0.05) is 6.04 Å². The summed E-state index contributed by atoms with van der Waals surface area (Å²) in [7, 11) is 0. The molecule has 1 aliphatic carbocycles. The minimum Gasteiger partial charge on any atom is -0.368 e. The Balaban J connectivity index is 2.16. The highest BCUT2D eigenvalue weighted by Crippen LogP contribution is 2.32. The highest BCUT2D eigenvalue weighted by molar-refractivity contribution is 5.80. The van der Waals surface area contributed by atoms with E-state index in [2.05, 4.69) is 5.32 Å². The van der Waals surface area contributed by atoms with Gasteiger partial charge in [-0.1, -0.05) is 19.9 Å². The van der Waals surface area contributed by atoms with Crippen molar-refractivity contribution in [1.29, 1.82) is 0 Å². The van der Waals surface area contributed by atoms with Crippen LogP contribution in [0.25, 0.3) is 0 Å². The number of nitrogens with one attached hydrogen (secondary N) is 1. The van der Waals surface area contributed by atoms with Crippen molar-refractivity contribution < 1.29 is 9.18 Å². The van der Waals surface area contributed by atoms with Crippen molar-refractivity contribution in [3.63, 3.8) is 0 Å². The first-order chi connectivity index (χ1) is 8.49. The van der Waals surface area contributed by atoms with Gasteiger partial charge in [-0.05, 0) is 42.0 Å². The van der Waals surface area contributed by atoms with Gasteiger partial charge in [-0.25, -0.2) is 4.39 Å². The van der Waals surface area contributed by atoms with Crippen molar-refractivity contribution in [3.05, 3.63) is 35.1 Å². The molecule has 3 N–H and O–H groups in total. The molecule has 1 amide bonds. The maximum absolute atomic E-state index is 13.1. The number of rotatable bonds is 4. The molecule has 0 saturated heterocycles. The van der Waals surface area contributed by atoms with Gasteiger partial charge in [0.1, 0.15) is 5.82 Å². The molecule has 0 bridgehead atoms. The molecule has 2 atom stereocenters. The Morgan fingerprint density at radius 3 is 2.83 bits per heavy atom. The maximum atomic E-state index is 13.1. The average molecular weight is 250 g/mol. The molecule has 18 heavy (non-hydrogen) atoms. The lowest BCUT2D eigenvalue weighted by Crippen LogP contribution is -2.46. The minimum atomic E-state index is -0.342. The van der Waals surface area contributed by atoms with E-state index in [1.54, 1.807) is 12.1 Å². The van der Waals surface area contributed by atoms with Crippen LogP contribution < -0.4 is 11.1 Å². The van der Waals surface area contributed by atoms with Crippen LogP contribution in [0.5, 0.6) is 0 Å². The smallest absolute Gasteiger partial charge is 0.234 e. The van der Waals surface area contributed by atoms with Gasteiger partial charge in [-0.2, -0.15) is 0 Å². The number of amides is 1. The molecule has 3 nitrogen and oxygen atoms in total. The molecule has 0 saturated carbocycles. The number of benzene rings is 1. The first kappa shape index (κ1) is 13.0. The zero-order valence-corrected chi connectivity index (χ0v) is 10.7. The summed E-state index contributed by atoms with van der Waals surface area (Å²) in [6.07, 6.45) is 1.73. The molecule has 0 aromatic heterocycles. The minimum absolute atomic E-state index is 0.0977. The van der Waals surface area contributed by atoms with Gasteiger partial charge >= 0.3 is 0 Å². The molecule has 0 spiro atoms. The first-order valence-corrected chi connectivity index (χ1v) is 6.32. The van der Waals surface area contributed by atoms with Gasteiger partial charge < -0.3 is 5.73 Å². The van der Waals surface area contributed by atoms with Crippen LogP contribution in [0.3, 0.4) is 0 Å². The van der Waals surface area contributed by atoms with Crippen LogP contribution in [0.15, 0.2) is 18.2 Å². The third-order valence-electron chi connectivity index (χ3n) is 3.54. The summed E-state index contributed by atoms with van der Waals surface area (Å²) in [5.41, 5.74) is 7.51. The number of hydrogen-bond donors (Lipinski definition) is 2. The van der Waals surface area contributed by atoms with Crippen molar-refractivity contribution in [1.82, 2.24) is 5.32 Å². The second-order valence-corrected chi connectivity index (χ2v) is 5.23. The Morgan fingerprint density at radius 2 is 2.22 bits per heavy atom. The Bertz CT molecular complexity index is 459. The van der Waals surface area contributed by atoms with Gasteiger partial charge in [-0.3, -0.25) is 10.1 Å². The van der Waals surface area contributed by atoms with E-state index in [1.165, 1.54) is 6.07 Å². The predicted molar refractivity (Wildman–Crippen MR) is 68.4 cm³/mol. The van der Waals surface area contributed by atoms with E-state index < -0.39 is 0 Å². The van der Waals surface area contributed by atoms with Gasteiger partial charge in [-0.15, -0.1) is 0 Å². The van der Waals surface area contributed by atoms with Crippen molar-refractivity contribution >= 4 is 5.91 Å². The van der Waals surface area contributed by atoms with Gasteiger partial charge in [0.15, 0.2) is 0 Å². The molecule has 2 unspecified atom stereocenters. The van der Waals surface area contributed by atoms with E-state index in [0.717, 1.165) is 24.0 Å². The molecule has 2 rings (SSSR count). The fourth-order valence-corrected chi connectivity index (χ4v) is 2.58. The van der Waals surface area contributed by atoms with Crippen LogP contribution in [-0.4, -0.2) is 11.9 Å². The largest absolute Gasteiger partial charge is 0.368 e. The number of primary amides is 1. The number of aryl methyl sites for hydroxylation is 1. The second kappa shape index (κ2) is 5.06. The predicted octanol–water partition coefficient (Wildman–Crippen LogP) is 1.91. The molecule has 0 heterocycles. The Hall–Kier alpha value is -1.42. The van der Waals surface area contributed by atoms with Crippen LogP contribution in [0.1, 0.15) is 37.4 Å². The quantitative estimate of drug-likeness (QED) is 0.857. The van der Waals surface area contributed by atoms with E-state index in [0.29, 0.717) is 0 Å². The first-order valence-electron chi connectivity index (χ1n) is 6.32. The summed E-state index contributed by atoms with van der Waals surface area (Å²) in [5, 5.41) is 3.29. The highest BCUT2D eigenvalue weighted by Gasteiger charge is 2.28. The monoisotopic (exact) mass is 250 g/mol. The number of hydrogen-bond acceptors (Lipinski definition) is 2. The summed E-state index contributed by atoms with van der Waals surface area (Å²) in [6.45, 7) is 3.92. The summed E-state index contributed by atoms with van der Waals surface area (Å²) < 4.78 is 13.1. The molecule has 0 fully saturated rings. The average Bonchev–Trinajstić information content (AvgIpc) is 2.67. The summed E-state index contributed by atoms with van der Waals surface area (Å²) >= 11 is 0. The van der Waals surface area contributed by atoms with E-state index in [4.69, 9.17) is 5.73 Å². The van der Waals surface area contributed by atoms with Crippen LogP contribution in [0, 0.1) is 11.7 Å². The van der Waals surface area contributed by atoms with Gasteiger partial charge in [0.2, 0.25) is 5.91 Å². The van der Waals surface area contributed by atoms with Crippen LogP contribution in [0.4, 0.5) is 4.39 Å². The Kier molecular flexibility index (Phi) is 3.66. The number of fused-ring (bicyclic) bond motifs is 1. The standard InChI is InChI=1S/C14H19FN2O/c1-8(2)13(14(16)18)17-12-6-3-9-7-10(15)4-5-11(9)12/h4-5,7-8,12-13,17H,3,6H2,1-2H3,(H2,16,18). The van der Waals surface area contributed by atoms with Crippen molar-refractivity contribution in [3.8, 4) is 0 Å². The summed E-state index contributed by atoms with van der Waals surface area (Å²) in [5.74, 6) is -0.391. The van der Waals surface area contributed by atoms with E-state index >= 15 is 0 Å². The number of carbonyl (C=O) groups excluding carboxylic acids is 1. The SMILES string of the molecule is CC(C)C(NC1CCc2cc(F)ccc21)C(N)=O. The van der Waals surface area contributed by atoms with Crippen LogP contribution >= 0.6 is 0 Å². The second-order valence-electron chi connectivity index (χ2n) is 5.23. The summed E-state index contributed by atoms with van der Waals surface area (Å²) in [6, 6.07) is 4.60. The lowest BCUT2D eigenvalue weighted by atomic mass is 10.0. The maximum Gasteiger partial charge on any atom is 0.234 e. The molecule has 1 aromatic carbocycles. The lowest BCUT2D eigenvalue weighted by Gasteiger charge is -2.24. The zero-order chi connectivity index (χ0) is 13.3. The molecule has 1 aromatic rings. The molecule has 0 aliphatic heterocycles. The van der Waals surface area contributed by atoms with E-state index in [-0.39, 0.29) is 29.7 Å². The van der Waals surface area contributed by atoms with E-state index in [9.17, 15) is 9.18 Å². The number of carbonyl (C=O) groups is 1. The van der Waals surface area contributed by atoms with Crippen molar-refractivity contribution in [2.24, 2.45) is 11.7 Å². The Labute approximate surface area is 107 Å². The fraction of sp³-hybridized carbons (Fsp3) is 0.500. The number of halogens is 1. The topological polar surface area (TPSA) is 55.1 Å². The Morgan fingerprint density at radius 1 is 1.50 bits per heavy atom. The van der Waals surface area contributed by atoms with Crippen molar-refractivity contribution in [2.45, 2.75) is 38.8 Å². The van der Waals surface area contributed by atoms with Crippen molar-refractivity contribution in [2.75, 3.05) is 0 Å². The molecule has 4 heteroatoms. The van der Waals surface area contributed by atoms with E-state index in [1.807, 2.05) is 13.8 Å². The highest BCUT2D eigenvalue weighted by atomic mass is 19.1. The molecular weight excluding hydrogens is 231 g/mol. The van der Waals surface area contributed by atoms with Crippen LogP contribution in [-0.2, 0) is 11.2 Å². The molecular formula is C14H19FN2O. The van der Waals surface area contributed by atoms with Crippen LogP contribution in [0.2, 0.25) is 0 Å². The molecule has 0 radical (unpaired) electrons.